The fourth-order valence-corrected chi connectivity index (χ4v) is 1.32. The minimum atomic E-state index is -0.651. The minimum Gasteiger partial charge on any atom is -0.465 e. The lowest BCUT2D eigenvalue weighted by molar-refractivity contribution is 0.0599. The van der Waals surface area contributed by atoms with E-state index in [1.54, 1.807) is 18.3 Å². The lowest BCUT2D eigenvalue weighted by atomic mass is 10.2. The van der Waals surface area contributed by atoms with Gasteiger partial charge in [-0.25, -0.2) is 9.78 Å². The van der Waals surface area contributed by atoms with Crippen molar-refractivity contribution in [2.75, 3.05) is 7.11 Å². The van der Waals surface area contributed by atoms with Gasteiger partial charge in [0.15, 0.2) is 0 Å². The van der Waals surface area contributed by atoms with E-state index in [1.807, 2.05) is 0 Å². The average molecular weight is 204 g/mol. The van der Waals surface area contributed by atoms with Crippen molar-refractivity contribution in [2.24, 2.45) is 0 Å². The van der Waals surface area contributed by atoms with E-state index in [9.17, 15) is 9.59 Å². The van der Waals surface area contributed by atoms with Gasteiger partial charge in [-0.3, -0.25) is 4.79 Å². The van der Waals surface area contributed by atoms with Crippen LogP contribution in [0.3, 0.4) is 0 Å². The molecular weight excluding hydrogens is 196 g/mol. The predicted molar refractivity (Wildman–Crippen MR) is 53.7 cm³/mol. The summed E-state index contributed by atoms with van der Waals surface area (Å²) in [6.45, 7) is 0. The Morgan fingerprint density at radius 3 is 3.07 bits per heavy atom. The quantitative estimate of drug-likeness (QED) is 0.694. The van der Waals surface area contributed by atoms with E-state index < -0.39 is 5.97 Å². The standard InChI is InChI=1S/C10H8N2O3/c1-15-10(14)7-5-12-9-6(8(7)13)3-2-4-11-9/h2-5H,1H3,(H,11,12,13). The van der Waals surface area contributed by atoms with E-state index in [0.29, 0.717) is 11.0 Å². The third kappa shape index (κ3) is 1.48. The van der Waals surface area contributed by atoms with Crippen molar-refractivity contribution in [3.05, 3.63) is 40.3 Å². The van der Waals surface area contributed by atoms with Crippen LogP contribution in [0, 0.1) is 0 Å². The first-order valence-electron chi connectivity index (χ1n) is 4.29. The Morgan fingerprint density at radius 1 is 1.53 bits per heavy atom. The Balaban J connectivity index is 2.76. The maximum absolute atomic E-state index is 11.8. The highest BCUT2D eigenvalue weighted by atomic mass is 16.5. The van der Waals surface area contributed by atoms with Crippen molar-refractivity contribution in [3.63, 3.8) is 0 Å². The van der Waals surface area contributed by atoms with Crippen LogP contribution >= 0.6 is 0 Å². The van der Waals surface area contributed by atoms with Crippen LogP contribution in [0.2, 0.25) is 0 Å². The number of fused-ring (bicyclic) bond motifs is 1. The maximum Gasteiger partial charge on any atom is 0.343 e. The van der Waals surface area contributed by atoms with Gasteiger partial charge in [0, 0.05) is 12.4 Å². The fourth-order valence-electron chi connectivity index (χ4n) is 1.32. The Kier molecular flexibility index (Phi) is 2.21. The summed E-state index contributed by atoms with van der Waals surface area (Å²) in [6.07, 6.45) is 2.87. The van der Waals surface area contributed by atoms with E-state index in [0.717, 1.165) is 0 Å². The van der Waals surface area contributed by atoms with Crippen LogP contribution in [-0.2, 0) is 4.74 Å². The zero-order chi connectivity index (χ0) is 10.8. The molecule has 0 aromatic carbocycles. The molecule has 0 aliphatic rings. The molecule has 0 saturated carbocycles. The van der Waals surface area contributed by atoms with Crippen molar-refractivity contribution < 1.29 is 9.53 Å². The maximum atomic E-state index is 11.8. The lowest BCUT2D eigenvalue weighted by Crippen LogP contribution is -2.17. The predicted octanol–water partition coefficient (Wildman–Crippen LogP) is 0.710. The second kappa shape index (κ2) is 3.53. The number of nitrogens with zero attached hydrogens (tertiary/aromatic N) is 1. The third-order valence-electron chi connectivity index (χ3n) is 2.06. The van der Waals surface area contributed by atoms with Crippen molar-refractivity contribution in [3.8, 4) is 0 Å². The van der Waals surface area contributed by atoms with Gasteiger partial charge in [0.1, 0.15) is 11.2 Å². The highest BCUT2D eigenvalue weighted by Gasteiger charge is 2.12. The number of carbonyl (C=O) groups excluding carboxylic acids is 1. The first-order valence-corrected chi connectivity index (χ1v) is 4.29. The highest BCUT2D eigenvalue weighted by molar-refractivity contribution is 5.92. The number of H-pyrrole nitrogens is 1. The minimum absolute atomic E-state index is 0.0157. The number of hydrogen-bond acceptors (Lipinski definition) is 4. The summed E-state index contributed by atoms with van der Waals surface area (Å²) in [5, 5.41) is 0.375. The Hall–Kier alpha value is -2.17. The van der Waals surface area contributed by atoms with Crippen molar-refractivity contribution in [1.82, 2.24) is 9.97 Å². The zero-order valence-electron chi connectivity index (χ0n) is 7.98. The summed E-state index contributed by atoms with van der Waals surface area (Å²) in [5.41, 5.74) is 0.0665. The van der Waals surface area contributed by atoms with Crippen LogP contribution in [0.25, 0.3) is 11.0 Å². The van der Waals surface area contributed by atoms with Gasteiger partial charge in [-0.05, 0) is 12.1 Å². The summed E-state index contributed by atoms with van der Waals surface area (Å²) in [4.78, 5) is 29.7. The molecule has 2 heterocycles. The molecule has 2 aromatic heterocycles. The van der Waals surface area contributed by atoms with Crippen LogP contribution in [0.1, 0.15) is 10.4 Å². The summed E-state index contributed by atoms with van der Waals surface area (Å²) in [5.74, 6) is -0.651. The van der Waals surface area contributed by atoms with Gasteiger partial charge in [0.25, 0.3) is 0 Å². The molecule has 0 unspecified atom stereocenters. The third-order valence-corrected chi connectivity index (χ3v) is 2.06. The smallest absolute Gasteiger partial charge is 0.343 e. The monoisotopic (exact) mass is 204 g/mol. The number of aromatic nitrogens is 2. The van der Waals surface area contributed by atoms with E-state index >= 15 is 0 Å². The molecule has 0 spiro atoms. The molecule has 5 nitrogen and oxygen atoms in total. The first-order chi connectivity index (χ1) is 7.24. The number of esters is 1. The molecular formula is C10H8N2O3. The molecule has 1 N–H and O–H groups in total. The SMILES string of the molecule is COC(=O)c1c[nH]c2ncccc2c1=O. The molecule has 0 aliphatic carbocycles. The summed E-state index contributed by atoms with van der Waals surface area (Å²) >= 11 is 0. The van der Waals surface area contributed by atoms with E-state index in [4.69, 9.17) is 0 Å². The number of methoxy groups -OCH3 is 1. The molecule has 2 aromatic rings. The Labute approximate surface area is 84.7 Å². The highest BCUT2D eigenvalue weighted by Crippen LogP contribution is 2.04. The molecule has 15 heavy (non-hydrogen) atoms. The Bertz CT molecular complexity index is 574. The van der Waals surface area contributed by atoms with Crippen molar-refractivity contribution >= 4 is 17.0 Å². The molecule has 0 amide bonds. The molecule has 0 aliphatic heterocycles. The normalized spacial score (nSPS) is 10.2. The van der Waals surface area contributed by atoms with Crippen molar-refractivity contribution in [2.45, 2.75) is 0 Å². The molecule has 0 saturated heterocycles. The van der Waals surface area contributed by atoms with Gasteiger partial charge in [-0.15, -0.1) is 0 Å². The van der Waals surface area contributed by atoms with Crippen LogP contribution in [0.15, 0.2) is 29.3 Å². The van der Waals surface area contributed by atoms with Crippen LogP contribution in [0.4, 0.5) is 0 Å². The van der Waals surface area contributed by atoms with Gasteiger partial charge in [-0.2, -0.15) is 0 Å². The second-order valence-corrected chi connectivity index (χ2v) is 2.92. The lowest BCUT2D eigenvalue weighted by Gasteiger charge is -2.00. The largest absolute Gasteiger partial charge is 0.465 e. The van der Waals surface area contributed by atoms with Gasteiger partial charge >= 0.3 is 5.97 Å². The van der Waals surface area contributed by atoms with Gasteiger partial charge in [-0.1, -0.05) is 0 Å². The summed E-state index contributed by atoms with van der Waals surface area (Å²) in [7, 11) is 1.23. The number of rotatable bonds is 1. The number of hydrogen-bond donors (Lipinski definition) is 1. The van der Waals surface area contributed by atoms with Gasteiger partial charge in [0.2, 0.25) is 5.43 Å². The molecule has 2 rings (SSSR count). The van der Waals surface area contributed by atoms with Crippen LogP contribution in [0.5, 0.6) is 0 Å². The molecule has 5 heteroatoms. The fraction of sp³-hybridized carbons (Fsp3) is 0.100. The molecule has 0 fully saturated rings. The number of ether oxygens (including phenoxy) is 1. The number of nitrogens with one attached hydrogen (secondary N) is 1. The Morgan fingerprint density at radius 2 is 2.33 bits per heavy atom. The zero-order valence-corrected chi connectivity index (χ0v) is 7.98. The summed E-state index contributed by atoms with van der Waals surface area (Å²) in [6, 6.07) is 3.24. The number of carbonyl (C=O) groups is 1. The van der Waals surface area contributed by atoms with E-state index in [1.165, 1.54) is 13.3 Å². The average Bonchev–Trinajstić information content (AvgIpc) is 2.29. The molecule has 0 atom stereocenters. The first kappa shape index (κ1) is 9.39. The second-order valence-electron chi connectivity index (χ2n) is 2.92. The van der Waals surface area contributed by atoms with Crippen molar-refractivity contribution in [1.29, 1.82) is 0 Å². The summed E-state index contributed by atoms with van der Waals surface area (Å²) < 4.78 is 4.49. The number of aromatic amines is 1. The van der Waals surface area contributed by atoms with Gasteiger partial charge in [0.05, 0.1) is 12.5 Å². The topological polar surface area (TPSA) is 72.1 Å². The van der Waals surface area contributed by atoms with Crippen LogP contribution in [-0.4, -0.2) is 23.0 Å². The van der Waals surface area contributed by atoms with Gasteiger partial charge < -0.3 is 9.72 Å². The van der Waals surface area contributed by atoms with Crippen LogP contribution < -0.4 is 5.43 Å². The van der Waals surface area contributed by atoms with E-state index in [-0.39, 0.29) is 11.0 Å². The molecule has 76 valence electrons. The molecule has 0 radical (unpaired) electrons. The van der Waals surface area contributed by atoms with E-state index in [2.05, 4.69) is 14.7 Å². The molecule has 0 bridgehead atoms. The number of pyridine rings is 2.